The van der Waals surface area contributed by atoms with Crippen LogP contribution in [0.15, 0.2) is 41.1 Å². The highest BCUT2D eigenvalue weighted by Crippen LogP contribution is 2.34. The molecule has 1 aliphatic rings. The van der Waals surface area contributed by atoms with Crippen LogP contribution in [0.4, 0.5) is 10.2 Å². The maximum Gasteiger partial charge on any atom is 0.292 e. The van der Waals surface area contributed by atoms with Gasteiger partial charge in [0.25, 0.3) is 11.7 Å². The quantitative estimate of drug-likeness (QED) is 0.587. The van der Waals surface area contributed by atoms with Gasteiger partial charge in [-0.2, -0.15) is 4.98 Å². The highest BCUT2D eigenvalue weighted by Gasteiger charge is 2.43. The Bertz CT molecular complexity index is 1200. The first-order valence-electron chi connectivity index (χ1n) is 10.7. The summed E-state index contributed by atoms with van der Waals surface area (Å²) in [5.41, 5.74) is 3.39. The van der Waals surface area contributed by atoms with Gasteiger partial charge < -0.3 is 15.2 Å². The van der Waals surface area contributed by atoms with Crippen LogP contribution in [-0.4, -0.2) is 33.1 Å². The molecule has 0 aliphatic heterocycles. The first-order chi connectivity index (χ1) is 15.6. The van der Waals surface area contributed by atoms with Crippen LogP contribution in [0.5, 0.6) is 0 Å². The van der Waals surface area contributed by atoms with Gasteiger partial charge in [-0.15, -0.1) is 0 Å². The minimum atomic E-state index is -1.05. The third-order valence-electron chi connectivity index (χ3n) is 5.45. The van der Waals surface area contributed by atoms with Gasteiger partial charge in [-0.1, -0.05) is 44.1 Å². The number of halogens is 1. The Morgan fingerprint density at radius 2 is 1.91 bits per heavy atom. The molecule has 33 heavy (non-hydrogen) atoms. The molecule has 0 radical (unpaired) electrons. The van der Waals surface area contributed by atoms with Crippen molar-refractivity contribution in [2.45, 2.75) is 52.2 Å². The van der Waals surface area contributed by atoms with E-state index in [0.29, 0.717) is 18.3 Å². The topological polar surface area (TPSA) is 110 Å². The first kappa shape index (κ1) is 22.6. The minimum absolute atomic E-state index is 0.00541. The number of aromatic nitrogens is 3. The van der Waals surface area contributed by atoms with E-state index in [4.69, 9.17) is 4.52 Å². The molecule has 3 aromatic rings. The van der Waals surface area contributed by atoms with Crippen molar-refractivity contribution in [3.05, 3.63) is 59.4 Å². The molecule has 0 saturated heterocycles. The van der Waals surface area contributed by atoms with Crippen LogP contribution in [0.3, 0.4) is 0 Å². The number of nitrogens with zero attached hydrogens (tertiary/aromatic N) is 3. The number of anilines is 1. The molecule has 1 saturated carbocycles. The highest BCUT2D eigenvalue weighted by atomic mass is 19.1. The predicted molar refractivity (Wildman–Crippen MR) is 120 cm³/mol. The summed E-state index contributed by atoms with van der Waals surface area (Å²) in [6, 6.07) is 9.45. The van der Waals surface area contributed by atoms with E-state index in [2.05, 4.69) is 25.8 Å². The van der Waals surface area contributed by atoms with Crippen LogP contribution in [0, 0.1) is 12.8 Å². The van der Waals surface area contributed by atoms with Crippen LogP contribution in [-0.2, 0) is 16.8 Å². The van der Waals surface area contributed by atoms with Crippen molar-refractivity contribution in [2.75, 3.05) is 5.32 Å². The van der Waals surface area contributed by atoms with Gasteiger partial charge >= 0.3 is 0 Å². The van der Waals surface area contributed by atoms with E-state index in [-0.39, 0.29) is 23.6 Å². The van der Waals surface area contributed by atoms with Gasteiger partial charge in [-0.05, 0) is 47.7 Å². The van der Waals surface area contributed by atoms with Crippen molar-refractivity contribution in [1.82, 2.24) is 20.4 Å². The largest absolute Gasteiger partial charge is 0.345 e. The van der Waals surface area contributed by atoms with Crippen molar-refractivity contribution in [3.8, 4) is 11.1 Å². The zero-order chi connectivity index (χ0) is 23.8. The summed E-state index contributed by atoms with van der Waals surface area (Å²) in [5.74, 6) is -0.516. The molecule has 0 spiro atoms. The maximum absolute atomic E-state index is 13.1. The fourth-order valence-corrected chi connectivity index (χ4v) is 3.28. The van der Waals surface area contributed by atoms with Gasteiger partial charge in [0.15, 0.2) is 0 Å². The molecule has 1 unspecified atom stereocenters. The molecule has 1 aliphatic carbocycles. The molecule has 172 valence electrons. The summed E-state index contributed by atoms with van der Waals surface area (Å²) in [6.07, 6.45) is 0.822. The van der Waals surface area contributed by atoms with Crippen LogP contribution in [0.2, 0.25) is 0 Å². The van der Waals surface area contributed by atoms with E-state index in [0.717, 1.165) is 22.3 Å². The lowest BCUT2D eigenvalue weighted by atomic mass is 9.97. The summed E-state index contributed by atoms with van der Waals surface area (Å²) in [5, 5.41) is 9.26. The molecule has 2 N–H and O–H groups in total. The summed E-state index contributed by atoms with van der Waals surface area (Å²) in [7, 11) is 0. The second kappa shape index (κ2) is 8.73. The lowest BCUT2D eigenvalue weighted by molar-refractivity contribution is -0.117. The van der Waals surface area contributed by atoms with Crippen molar-refractivity contribution in [3.63, 3.8) is 0 Å². The number of alkyl halides is 1. The molecule has 2 heterocycles. The Kier molecular flexibility index (Phi) is 5.97. The van der Waals surface area contributed by atoms with Gasteiger partial charge in [-0.3, -0.25) is 9.59 Å². The Labute approximate surface area is 191 Å². The summed E-state index contributed by atoms with van der Waals surface area (Å²) in [4.78, 5) is 32.7. The smallest absolute Gasteiger partial charge is 0.292 e. The number of nitrogens with one attached hydrogen (secondary N) is 2. The van der Waals surface area contributed by atoms with Crippen LogP contribution < -0.4 is 10.6 Å². The predicted octanol–water partition coefficient (Wildman–Crippen LogP) is 3.96. The number of benzene rings is 1. The average Bonchev–Trinajstić information content (AvgIpc) is 3.28. The third-order valence-corrected chi connectivity index (χ3v) is 5.45. The van der Waals surface area contributed by atoms with Gasteiger partial charge in [0.2, 0.25) is 11.8 Å². The number of carbonyl (C=O) groups is 2. The van der Waals surface area contributed by atoms with Gasteiger partial charge in [0, 0.05) is 18.2 Å². The molecule has 1 aromatic carbocycles. The summed E-state index contributed by atoms with van der Waals surface area (Å²) in [6.45, 7) is 8.06. The first-order valence-corrected chi connectivity index (χ1v) is 10.7. The van der Waals surface area contributed by atoms with Crippen molar-refractivity contribution < 1.29 is 18.5 Å². The number of carbonyl (C=O) groups excluding carboxylic acids is 2. The number of aryl methyl sites for hydroxylation is 1. The molecule has 2 aromatic heterocycles. The zero-order valence-corrected chi connectivity index (χ0v) is 19.0. The van der Waals surface area contributed by atoms with E-state index in [1.165, 1.54) is 0 Å². The molecular formula is C24H26FN5O3. The molecular weight excluding hydrogens is 425 g/mol. The van der Waals surface area contributed by atoms with Gasteiger partial charge in [0.1, 0.15) is 12.0 Å². The Morgan fingerprint density at radius 3 is 2.55 bits per heavy atom. The normalized spacial score (nSPS) is 17.5. The molecule has 4 rings (SSSR count). The van der Waals surface area contributed by atoms with E-state index < -0.39 is 18.0 Å². The van der Waals surface area contributed by atoms with E-state index in [1.54, 1.807) is 12.3 Å². The SMILES string of the molecule is Cc1cc(-c2ccnc(NC(=O)[C@@H]3CC3F)c2)ccc1CNC(=O)c1noc(C(C)(C)C)n1. The number of hydrogen-bond donors (Lipinski definition) is 2. The maximum atomic E-state index is 13.1. The lowest BCUT2D eigenvalue weighted by Crippen LogP contribution is -2.24. The molecule has 0 bridgehead atoms. The molecule has 9 heteroatoms. The minimum Gasteiger partial charge on any atom is -0.345 e. The number of rotatable bonds is 6. The Morgan fingerprint density at radius 1 is 1.18 bits per heavy atom. The van der Waals surface area contributed by atoms with Crippen molar-refractivity contribution >= 4 is 17.6 Å². The number of hydrogen-bond acceptors (Lipinski definition) is 6. The highest BCUT2D eigenvalue weighted by molar-refractivity contribution is 5.94. The van der Waals surface area contributed by atoms with E-state index in [9.17, 15) is 14.0 Å². The molecule has 1 fully saturated rings. The summed E-state index contributed by atoms with van der Waals surface area (Å²) < 4.78 is 18.3. The van der Waals surface area contributed by atoms with E-state index in [1.807, 2.05) is 52.0 Å². The second-order valence-electron chi connectivity index (χ2n) is 9.27. The Hall–Kier alpha value is -3.62. The zero-order valence-electron chi connectivity index (χ0n) is 19.0. The van der Waals surface area contributed by atoms with Crippen LogP contribution >= 0.6 is 0 Å². The monoisotopic (exact) mass is 451 g/mol. The van der Waals surface area contributed by atoms with Crippen LogP contribution in [0.1, 0.15) is 54.8 Å². The fourth-order valence-electron chi connectivity index (χ4n) is 3.28. The Balaban J connectivity index is 1.41. The van der Waals surface area contributed by atoms with Gasteiger partial charge in [-0.25, -0.2) is 9.37 Å². The van der Waals surface area contributed by atoms with E-state index >= 15 is 0 Å². The summed E-state index contributed by atoms with van der Waals surface area (Å²) >= 11 is 0. The van der Waals surface area contributed by atoms with Gasteiger partial charge in [0.05, 0.1) is 5.92 Å². The number of amides is 2. The number of pyridine rings is 1. The van der Waals surface area contributed by atoms with Crippen molar-refractivity contribution in [2.24, 2.45) is 5.92 Å². The molecule has 8 nitrogen and oxygen atoms in total. The molecule has 2 amide bonds. The molecule has 2 atom stereocenters. The van der Waals surface area contributed by atoms with Crippen molar-refractivity contribution in [1.29, 1.82) is 0 Å². The standard InChI is InChI=1S/C24H26FN5O3/c1-13-9-14(15-7-8-26-19(10-15)28-21(31)17-11-18(17)25)5-6-16(13)12-27-22(32)20-29-23(33-30-20)24(2,3)4/h5-10,17-18H,11-12H2,1-4H3,(H,27,32)(H,26,28,31)/t17-,18?/m1/s1. The lowest BCUT2D eigenvalue weighted by Gasteiger charge is -2.11. The second-order valence-corrected chi connectivity index (χ2v) is 9.27. The van der Waals surface area contributed by atoms with Crippen LogP contribution in [0.25, 0.3) is 11.1 Å². The average molecular weight is 452 g/mol. The fraction of sp³-hybridized carbons (Fsp3) is 0.375. The third kappa shape index (κ3) is 5.24.